The molecule has 2 aromatic heterocycles. The first-order chi connectivity index (χ1) is 6.81. The molecule has 2 heterocycles. The van der Waals surface area contributed by atoms with Crippen molar-refractivity contribution in [3.05, 3.63) is 30.1 Å². The van der Waals surface area contributed by atoms with Gasteiger partial charge in [-0.2, -0.15) is 0 Å². The highest BCUT2D eigenvalue weighted by Crippen LogP contribution is 2.18. The van der Waals surface area contributed by atoms with Gasteiger partial charge in [0, 0.05) is 24.3 Å². The van der Waals surface area contributed by atoms with Gasteiger partial charge in [0.05, 0.1) is 0 Å². The monoisotopic (exact) mass is 188 g/mol. The van der Waals surface area contributed by atoms with E-state index >= 15 is 0 Å². The smallest absolute Gasteiger partial charge is 0.167 e. The molecular weight excluding hydrogens is 176 g/mol. The van der Waals surface area contributed by atoms with Crippen molar-refractivity contribution >= 4 is 16.7 Å². The Morgan fingerprint density at radius 1 is 1.36 bits per heavy atom. The van der Waals surface area contributed by atoms with E-state index < -0.39 is 0 Å². The maximum Gasteiger partial charge on any atom is 0.167 e. The Morgan fingerprint density at radius 3 is 3.00 bits per heavy atom. The lowest BCUT2D eigenvalue weighted by Gasteiger charge is -2.07. The van der Waals surface area contributed by atoms with Crippen LogP contribution in [-0.2, 0) is 0 Å². The van der Waals surface area contributed by atoms with Crippen LogP contribution in [0.1, 0.15) is 5.69 Å². The Bertz CT molecular complexity index is 453. The number of nitrogens with one attached hydrogen (secondary N) is 2. The number of hydrogen-bond donors (Lipinski definition) is 2. The molecular formula is C10H12N4. The zero-order chi connectivity index (χ0) is 9.97. The van der Waals surface area contributed by atoms with Gasteiger partial charge < -0.3 is 5.43 Å². The molecule has 0 radical (unpaired) electrons. The third-order valence-electron chi connectivity index (χ3n) is 1.96. The molecule has 0 saturated carbocycles. The number of hydrazine groups is 1. The minimum atomic E-state index is 0.767. The molecule has 0 atom stereocenters. The van der Waals surface area contributed by atoms with Crippen LogP contribution in [0.25, 0.3) is 10.9 Å². The number of nitrogens with zero attached hydrogens (tertiary/aromatic N) is 2. The summed E-state index contributed by atoms with van der Waals surface area (Å²) in [5.74, 6) is 0.767. The van der Waals surface area contributed by atoms with Crippen molar-refractivity contribution in [2.45, 2.75) is 6.92 Å². The van der Waals surface area contributed by atoms with Gasteiger partial charge in [0.15, 0.2) is 5.82 Å². The number of rotatable bonds is 2. The van der Waals surface area contributed by atoms with E-state index in [2.05, 4.69) is 20.8 Å². The first-order valence-corrected chi connectivity index (χ1v) is 4.46. The zero-order valence-corrected chi connectivity index (χ0v) is 8.20. The highest BCUT2D eigenvalue weighted by molar-refractivity contribution is 5.88. The SMILES string of the molecule is CNNc1nc(C)cc2cccnc12. The summed E-state index contributed by atoms with van der Waals surface area (Å²) in [6.45, 7) is 1.97. The second-order valence-electron chi connectivity index (χ2n) is 3.06. The molecule has 2 aromatic rings. The van der Waals surface area contributed by atoms with Crippen molar-refractivity contribution < 1.29 is 0 Å². The number of aromatic nitrogens is 2. The van der Waals surface area contributed by atoms with Gasteiger partial charge in [0.1, 0.15) is 5.52 Å². The van der Waals surface area contributed by atoms with Crippen molar-refractivity contribution in [1.82, 2.24) is 15.4 Å². The largest absolute Gasteiger partial charge is 0.304 e. The lowest BCUT2D eigenvalue weighted by molar-refractivity contribution is 0.963. The fourth-order valence-electron chi connectivity index (χ4n) is 1.42. The number of hydrogen-bond acceptors (Lipinski definition) is 4. The van der Waals surface area contributed by atoms with Crippen molar-refractivity contribution in [2.75, 3.05) is 12.5 Å². The van der Waals surface area contributed by atoms with Gasteiger partial charge in [0.25, 0.3) is 0 Å². The maximum absolute atomic E-state index is 4.35. The lowest BCUT2D eigenvalue weighted by atomic mass is 10.2. The average molecular weight is 188 g/mol. The van der Waals surface area contributed by atoms with Crippen LogP contribution in [0.15, 0.2) is 24.4 Å². The molecule has 0 amide bonds. The molecule has 0 aliphatic rings. The predicted octanol–water partition coefficient (Wildman–Crippen LogP) is 1.48. The summed E-state index contributed by atoms with van der Waals surface area (Å²) in [5.41, 5.74) is 7.68. The Kier molecular flexibility index (Phi) is 2.28. The van der Waals surface area contributed by atoms with Crippen LogP contribution in [0, 0.1) is 6.92 Å². The van der Waals surface area contributed by atoms with E-state index in [4.69, 9.17) is 0 Å². The average Bonchev–Trinajstić information content (AvgIpc) is 2.18. The molecule has 0 unspecified atom stereocenters. The van der Waals surface area contributed by atoms with Crippen LogP contribution in [0.2, 0.25) is 0 Å². The van der Waals surface area contributed by atoms with E-state index in [1.807, 2.05) is 25.1 Å². The zero-order valence-electron chi connectivity index (χ0n) is 8.20. The molecule has 0 fully saturated rings. The third-order valence-corrected chi connectivity index (χ3v) is 1.96. The molecule has 0 bridgehead atoms. The fourth-order valence-corrected chi connectivity index (χ4v) is 1.42. The van der Waals surface area contributed by atoms with Crippen molar-refractivity contribution in [1.29, 1.82) is 0 Å². The van der Waals surface area contributed by atoms with E-state index in [1.54, 1.807) is 13.2 Å². The Hall–Kier alpha value is -1.68. The first-order valence-electron chi connectivity index (χ1n) is 4.46. The number of pyridine rings is 2. The number of aryl methyl sites for hydroxylation is 1. The van der Waals surface area contributed by atoms with Crippen LogP contribution in [0.3, 0.4) is 0 Å². The Labute approximate surface area is 82.4 Å². The quantitative estimate of drug-likeness (QED) is 0.701. The summed E-state index contributed by atoms with van der Waals surface area (Å²) in [5, 5.41) is 1.10. The minimum absolute atomic E-state index is 0.767. The summed E-state index contributed by atoms with van der Waals surface area (Å²) in [6.07, 6.45) is 1.76. The molecule has 4 heteroatoms. The molecule has 0 aliphatic heterocycles. The summed E-state index contributed by atoms with van der Waals surface area (Å²) < 4.78 is 0. The van der Waals surface area contributed by atoms with E-state index in [-0.39, 0.29) is 0 Å². The van der Waals surface area contributed by atoms with Gasteiger partial charge in [-0.3, -0.25) is 4.98 Å². The maximum atomic E-state index is 4.35. The molecule has 0 aromatic carbocycles. The second-order valence-corrected chi connectivity index (χ2v) is 3.06. The predicted molar refractivity (Wildman–Crippen MR) is 57.0 cm³/mol. The summed E-state index contributed by atoms with van der Waals surface area (Å²) in [6, 6.07) is 5.96. The van der Waals surface area contributed by atoms with Crippen molar-refractivity contribution in [3.8, 4) is 0 Å². The summed E-state index contributed by atoms with van der Waals surface area (Å²) in [4.78, 5) is 8.63. The standard InChI is InChI=1S/C10H12N4/c1-7-6-8-4-3-5-12-9(8)10(13-7)14-11-2/h3-6,11H,1-2H3,(H,13,14). The second kappa shape index (κ2) is 3.59. The van der Waals surface area contributed by atoms with Gasteiger partial charge in [-0.05, 0) is 19.1 Å². The molecule has 0 spiro atoms. The summed E-state index contributed by atoms with van der Waals surface area (Å²) in [7, 11) is 1.80. The highest BCUT2D eigenvalue weighted by Gasteiger charge is 2.03. The van der Waals surface area contributed by atoms with E-state index in [1.165, 1.54) is 0 Å². The van der Waals surface area contributed by atoms with E-state index in [9.17, 15) is 0 Å². The van der Waals surface area contributed by atoms with Gasteiger partial charge in [0.2, 0.25) is 0 Å². The highest BCUT2D eigenvalue weighted by atomic mass is 15.4. The van der Waals surface area contributed by atoms with Crippen LogP contribution in [0.4, 0.5) is 5.82 Å². The molecule has 0 aliphatic carbocycles. The van der Waals surface area contributed by atoms with E-state index in [0.717, 1.165) is 22.4 Å². The first kappa shape index (κ1) is 8.90. The molecule has 4 nitrogen and oxygen atoms in total. The minimum Gasteiger partial charge on any atom is -0.304 e. The Balaban J connectivity index is 2.67. The number of anilines is 1. The van der Waals surface area contributed by atoms with Crippen molar-refractivity contribution in [3.63, 3.8) is 0 Å². The van der Waals surface area contributed by atoms with E-state index in [0.29, 0.717) is 0 Å². The molecule has 14 heavy (non-hydrogen) atoms. The van der Waals surface area contributed by atoms with Crippen LogP contribution in [0.5, 0.6) is 0 Å². The van der Waals surface area contributed by atoms with Crippen molar-refractivity contribution in [2.24, 2.45) is 0 Å². The van der Waals surface area contributed by atoms with Gasteiger partial charge in [-0.1, -0.05) is 6.07 Å². The molecule has 0 saturated heterocycles. The van der Waals surface area contributed by atoms with Gasteiger partial charge in [-0.15, -0.1) is 0 Å². The molecule has 72 valence electrons. The van der Waals surface area contributed by atoms with Crippen LogP contribution < -0.4 is 10.9 Å². The molecule has 2 rings (SSSR count). The van der Waals surface area contributed by atoms with Crippen LogP contribution >= 0.6 is 0 Å². The normalized spacial score (nSPS) is 10.4. The number of fused-ring (bicyclic) bond motifs is 1. The lowest BCUT2D eigenvalue weighted by Crippen LogP contribution is -2.16. The molecule has 2 N–H and O–H groups in total. The van der Waals surface area contributed by atoms with Gasteiger partial charge in [-0.25, -0.2) is 10.4 Å². The van der Waals surface area contributed by atoms with Crippen LogP contribution in [-0.4, -0.2) is 17.0 Å². The Morgan fingerprint density at radius 2 is 2.21 bits per heavy atom. The fraction of sp³-hybridized carbons (Fsp3) is 0.200. The van der Waals surface area contributed by atoms with Gasteiger partial charge >= 0.3 is 0 Å². The summed E-state index contributed by atoms with van der Waals surface area (Å²) >= 11 is 0. The third kappa shape index (κ3) is 1.52. The topological polar surface area (TPSA) is 49.8 Å².